The van der Waals surface area contributed by atoms with E-state index in [1.165, 1.54) is 24.0 Å². The van der Waals surface area contributed by atoms with Crippen LogP contribution < -0.4 is 0 Å². The summed E-state index contributed by atoms with van der Waals surface area (Å²) in [6, 6.07) is 10.6. The predicted molar refractivity (Wildman–Crippen MR) is 74.7 cm³/mol. The minimum absolute atomic E-state index is 0. The third-order valence-electron chi connectivity index (χ3n) is 2.32. The molecule has 0 bridgehead atoms. The molecule has 88 valence electrons. The van der Waals surface area contributed by atoms with E-state index in [2.05, 4.69) is 48.6 Å². The first-order chi connectivity index (χ1) is 7.45. The van der Waals surface area contributed by atoms with E-state index in [1.54, 1.807) is 0 Å². The Kier molecular flexibility index (Phi) is 8.24. The molecule has 0 fully saturated rings. The molecule has 0 radical (unpaired) electrons. The largest absolute Gasteiger partial charge is 0.0840 e. The second-order valence-electron chi connectivity index (χ2n) is 3.42. The Morgan fingerprint density at radius 2 is 1.69 bits per heavy atom. The van der Waals surface area contributed by atoms with Gasteiger partial charge in [-0.25, -0.2) is 0 Å². The molecule has 16 heavy (non-hydrogen) atoms. The van der Waals surface area contributed by atoms with Crippen molar-refractivity contribution in [2.24, 2.45) is 0 Å². The highest BCUT2D eigenvalue weighted by Gasteiger charge is 1.98. The quantitative estimate of drug-likeness (QED) is 0.640. The number of benzene rings is 1. The van der Waals surface area contributed by atoms with E-state index in [0.29, 0.717) is 0 Å². The van der Waals surface area contributed by atoms with Crippen molar-refractivity contribution in [2.45, 2.75) is 40.5 Å². The molecule has 1 aromatic rings. The summed E-state index contributed by atoms with van der Waals surface area (Å²) in [7, 11) is 0. The molecule has 0 atom stereocenters. The Balaban J connectivity index is 0.000000711. The van der Waals surface area contributed by atoms with E-state index < -0.39 is 0 Å². The Bertz CT molecular complexity index is 317. The minimum Gasteiger partial charge on any atom is -0.0840 e. The lowest BCUT2D eigenvalue weighted by Gasteiger charge is -2.06. The van der Waals surface area contributed by atoms with Crippen molar-refractivity contribution in [2.75, 3.05) is 0 Å². The second kappa shape index (κ2) is 8.96. The lowest BCUT2D eigenvalue weighted by Crippen LogP contribution is -1.90. The van der Waals surface area contributed by atoms with Gasteiger partial charge in [0.1, 0.15) is 0 Å². The topological polar surface area (TPSA) is 0 Å². The molecular formula is C16H24. The molecule has 1 aliphatic carbocycles. The smallest absolute Gasteiger partial charge is 0.00290 e. The van der Waals surface area contributed by atoms with E-state index in [1.807, 2.05) is 13.8 Å². The fraction of sp³-hybridized carbons (Fsp3) is 0.375. The number of hydrogen-bond donors (Lipinski definition) is 0. The highest BCUT2D eigenvalue weighted by molar-refractivity contribution is 5.29. The molecule has 0 aliphatic heterocycles. The van der Waals surface area contributed by atoms with Gasteiger partial charge in [0, 0.05) is 0 Å². The molecule has 1 aliphatic rings. The molecule has 1 aromatic carbocycles. The van der Waals surface area contributed by atoms with Gasteiger partial charge < -0.3 is 0 Å². The third-order valence-corrected chi connectivity index (χ3v) is 2.32. The fourth-order valence-corrected chi connectivity index (χ4v) is 1.63. The van der Waals surface area contributed by atoms with Crippen molar-refractivity contribution < 1.29 is 0 Å². The summed E-state index contributed by atoms with van der Waals surface area (Å²) in [6.07, 6.45) is 10.3. The maximum Gasteiger partial charge on any atom is -0.00290 e. The average Bonchev–Trinajstić information content (AvgIpc) is 2.34. The van der Waals surface area contributed by atoms with Gasteiger partial charge in [-0.3, -0.25) is 0 Å². The average molecular weight is 216 g/mol. The van der Waals surface area contributed by atoms with Crippen LogP contribution in [0.3, 0.4) is 0 Å². The van der Waals surface area contributed by atoms with E-state index >= 15 is 0 Å². The Hall–Kier alpha value is -1.30. The van der Waals surface area contributed by atoms with Crippen molar-refractivity contribution >= 4 is 0 Å². The Labute approximate surface area is 101 Å². The monoisotopic (exact) mass is 216 g/mol. The van der Waals surface area contributed by atoms with Gasteiger partial charge in [-0.1, -0.05) is 69.8 Å². The van der Waals surface area contributed by atoms with E-state index in [-0.39, 0.29) is 7.43 Å². The molecular weight excluding hydrogens is 192 g/mol. The SMILES string of the molecule is C.C1=CC(Cc2ccccc2)=CCC1.CC. The van der Waals surface area contributed by atoms with Crippen LogP contribution in [0.25, 0.3) is 0 Å². The number of hydrogen-bond acceptors (Lipinski definition) is 0. The number of allylic oxidation sites excluding steroid dienone is 4. The molecule has 0 N–H and O–H groups in total. The van der Waals surface area contributed by atoms with Crippen LogP contribution in [0.1, 0.15) is 39.7 Å². The Morgan fingerprint density at radius 1 is 1.00 bits per heavy atom. The molecule has 0 saturated carbocycles. The second-order valence-corrected chi connectivity index (χ2v) is 3.42. The number of rotatable bonds is 2. The van der Waals surface area contributed by atoms with E-state index in [0.717, 1.165) is 6.42 Å². The first-order valence-corrected chi connectivity index (χ1v) is 5.84. The van der Waals surface area contributed by atoms with Gasteiger partial charge in [0.2, 0.25) is 0 Å². The summed E-state index contributed by atoms with van der Waals surface area (Å²) < 4.78 is 0. The first kappa shape index (κ1) is 14.7. The maximum atomic E-state index is 2.34. The molecule has 0 amide bonds. The van der Waals surface area contributed by atoms with Crippen LogP contribution in [0.2, 0.25) is 0 Å². The van der Waals surface area contributed by atoms with Crippen LogP contribution in [0.4, 0.5) is 0 Å². The molecule has 0 nitrogen and oxygen atoms in total. The standard InChI is InChI=1S/C13H14.C2H6.CH4/c1-3-7-12(8-4-1)11-13-9-5-2-6-10-13;1-2;/h1,3-5,7-10H,2,6,11H2;1-2H3;1H4. The van der Waals surface area contributed by atoms with Gasteiger partial charge in [0.15, 0.2) is 0 Å². The first-order valence-electron chi connectivity index (χ1n) is 5.84. The van der Waals surface area contributed by atoms with Crippen LogP contribution >= 0.6 is 0 Å². The summed E-state index contributed by atoms with van der Waals surface area (Å²) in [5.74, 6) is 0. The minimum atomic E-state index is 0. The van der Waals surface area contributed by atoms with Gasteiger partial charge in [0.05, 0.1) is 0 Å². The van der Waals surface area contributed by atoms with Crippen LogP contribution in [0.15, 0.2) is 54.1 Å². The highest BCUT2D eigenvalue weighted by atomic mass is 14.0. The molecule has 0 aromatic heterocycles. The molecule has 0 saturated heterocycles. The van der Waals surface area contributed by atoms with Crippen molar-refractivity contribution in [3.8, 4) is 0 Å². The van der Waals surface area contributed by atoms with Crippen molar-refractivity contribution in [1.29, 1.82) is 0 Å². The van der Waals surface area contributed by atoms with E-state index in [9.17, 15) is 0 Å². The van der Waals surface area contributed by atoms with Gasteiger partial charge >= 0.3 is 0 Å². The Morgan fingerprint density at radius 3 is 2.25 bits per heavy atom. The zero-order valence-electron chi connectivity index (χ0n) is 9.74. The van der Waals surface area contributed by atoms with Gasteiger partial charge in [-0.2, -0.15) is 0 Å². The van der Waals surface area contributed by atoms with E-state index in [4.69, 9.17) is 0 Å². The summed E-state index contributed by atoms with van der Waals surface area (Å²) >= 11 is 0. The normalized spacial score (nSPS) is 13.0. The van der Waals surface area contributed by atoms with Gasteiger partial charge in [0.25, 0.3) is 0 Å². The fourth-order valence-electron chi connectivity index (χ4n) is 1.63. The van der Waals surface area contributed by atoms with Crippen molar-refractivity contribution in [1.82, 2.24) is 0 Å². The maximum absolute atomic E-state index is 2.34. The van der Waals surface area contributed by atoms with Gasteiger partial charge in [-0.05, 0) is 30.4 Å². The van der Waals surface area contributed by atoms with Crippen LogP contribution in [-0.2, 0) is 6.42 Å². The lowest BCUT2D eigenvalue weighted by molar-refractivity contribution is 0.994. The molecule has 0 heterocycles. The van der Waals surface area contributed by atoms with Crippen LogP contribution in [0.5, 0.6) is 0 Å². The van der Waals surface area contributed by atoms with Crippen LogP contribution in [-0.4, -0.2) is 0 Å². The van der Waals surface area contributed by atoms with Crippen molar-refractivity contribution in [3.63, 3.8) is 0 Å². The predicted octanol–water partition coefficient (Wildman–Crippen LogP) is 5.17. The lowest BCUT2D eigenvalue weighted by atomic mass is 10.00. The summed E-state index contributed by atoms with van der Waals surface area (Å²) in [5, 5.41) is 0. The molecule has 0 spiro atoms. The molecule has 2 rings (SSSR count). The molecule has 0 unspecified atom stereocenters. The zero-order valence-corrected chi connectivity index (χ0v) is 9.74. The van der Waals surface area contributed by atoms with Crippen LogP contribution in [0, 0.1) is 0 Å². The zero-order chi connectivity index (χ0) is 10.9. The summed E-state index contributed by atoms with van der Waals surface area (Å²) in [4.78, 5) is 0. The highest BCUT2D eigenvalue weighted by Crippen LogP contribution is 2.14. The summed E-state index contributed by atoms with van der Waals surface area (Å²) in [5.41, 5.74) is 2.86. The third kappa shape index (κ3) is 4.97. The summed E-state index contributed by atoms with van der Waals surface area (Å²) in [6.45, 7) is 4.00. The van der Waals surface area contributed by atoms with Crippen molar-refractivity contribution in [3.05, 3.63) is 59.7 Å². The van der Waals surface area contributed by atoms with Gasteiger partial charge in [-0.15, -0.1) is 0 Å². The molecule has 0 heteroatoms.